The summed E-state index contributed by atoms with van der Waals surface area (Å²) in [6.07, 6.45) is 0.551. The number of hydrogen-bond donors (Lipinski definition) is 1. The van der Waals surface area contributed by atoms with E-state index in [0.717, 1.165) is 55.9 Å². The van der Waals surface area contributed by atoms with Gasteiger partial charge in [-0.2, -0.15) is 5.10 Å². The summed E-state index contributed by atoms with van der Waals surface area (Å²) in [5, 5.41) is 7.08. The topological polar surface area (TPSA) is 72.0 Å². The summed E-state index contributed by atoms with van der Waals surface area (Å²) in [7, 11) is 4.02. The van der Waals surface area contributed by atoms with E-state index in [1.54, 1.807) is 23.7 Å². The molecule has 45 heavy (non-hydrogen) atoms. The van der Waals surface area contributed by atoms with Crippen LogP contribution in [0.25, 0.3) is 22.2 Å². The fourth-order valence-corrected chi connectivity index (χ4v) is 7.80. The molecule has 0 aliphatic carbocycles. The highest BCUT2D eigenvalue weighted by molar-refractivity contribution is 8.01. The summed E-state index contributed by atoms with van der Waals surface area (Å²) in [5.74, 6) is -0.0608. The molecule has 4 aromatic carbocycles. The van der Waals surface area contributed by atoms with E-state index in [-0.39, 0.29) is 28.5 Å². The maximum Gasteiger partial charge on any atom is 0.241 e. The molecule has 0 radical (unpaired) electrons. The van der Waals surface area contributed by atoms with Crippen LogP contribution >= 0.6 is 11.8 Å². The lowest BCUT2D eigenvalue weighted by Gasteiger charge is -2.27. The van der Waals surface area contributed by atoms with Gasteiger partial charge in [-0.25, -0.2) is 5.01 Å². The molecule has 3 atom stereocenters. The number of aromatic nitrogens is 1. The van der Waals surface area contributed by atoms with Gasteiger partial charge < -0.3 is 9.88 Å². The maximum absolute atomic E-state index is 14.1. The number of aromatic amines is 1. The predicted molar refractivity (Wildman–Crippen MR) is 185 cm³/mol. The number of amides is 2. The van der Waals surface area contributed by atoms with Gasteiger partial charge >= 0.3 is 0 Å². The summed E-state index contributed by atoms with van der Waals surface area (Å²) < 4.78 is 0. The van der Waals surface area contributed by atoms with E-state index in [4.69, 9.17) is 5.10 Å². The Kier molecular flexibility index (Phi) is 7.45. The van der Waals surface area contributed by atoms with Crippen molar-refractivity contribution in [3.05, 3.63) is 120 Å². The molecule has 226 valence electrons. The van der Waals surface area contributed by atoms with Crippen molar-refractivity contribution in [3.8, 4) is 11.3 Å². The van der Waals surface area contributed by atoms with Crippen LogP contribution in [0.3, 0.4) is 0 Å². The number of anilines is 2. The lowest BCUT2D eigenvalue weighted by molar-refractivity contribution is -0.130. The number of hydrazone groups is 1. The lowest BCUT2D eigenvalue weighted by atomic mass is 9.96. The normalized spacial score (nSPS) is 19.8. The van der Waals surface area contributed by atoms with Crippen molar-refractivity contribution >= 4 is 51.6 Å². The van der Waals surface area contributed by atoms with Crippen LogP contribution in [0.5, 0.6) is 0 Å². The number of carbonyl (C=O) groups is 2. The molecule has 2 amide bonds. The third-order valence-corrected chi connectivity index (χ3v) is 10.0. The maximum atomic E-state index is 14.1. The molecule has 7 rings (SSSR count). The van der Waals surface area contributed by atoms with Crippen molar-refractivity contribution in [1.29, 1.82) is 0 Å². The van der Waals surface area contributed by atoms with Gasteiger partial charge in [-0.05, 0) is 42.3 Å². The van der Waals surface area contributed by atoms with Crippen molar-refractivity contribution in [1.82, 2.24) is 9.99 Å². The summed E-state index contributed by atoms with van der Waals surface area (Å²) in [5.41, 5.74) is 8.79. The number of hydrogen-bond acceptors (Lipinski definition) is 5. The highest BCUT2D eigenvalue weighted by Gasteiger charge is 2.43. The first-order valence-electron chi connectivity index (χ1n) is 15.2. The van der Waals surface area contributed by atoms with Gasteiger partial charge in [0.05, 0.1) is 28.4 Å². The smallest absolute Gasteiger partial charge is 0.241 e. The molecule has 0 saturated carbocycles. The Bertz CT molecular complexity index is 1930. The first-order chi connectivity index (χ1) is 21.8. The Morgan fingerprint density at radius 3 is 2.33 bits per heavy atom. The van der Waals surface area contributed by atoms with E-state index in [9.17, 15) is 9.59 Å². The Balaban J connectivity index is 1.32. The summed E-state index contributed by atoms with van der Waals surface area (Å²) in [4.78, 5) is 34.6. The van der Waals surface area contributed by atoms with Crippen LogP contribution < -0.4 is 9.80 Å². The van der Waals surface area contributed by atoms with Crippen LogP contribution in [0.1, 0.15) is 48.4 Å². The van der Waals surface area contributed by atoms with E-state index in [1.807, 2.05) is 80.5 Å². The third-order valence-electron chi connectivity index (χ3n) is 8.71. The second-order valence-electron chi connectivity index (χ2n) is 11.8. The third kappa shape index (κ3) is 5.09. The molecular formula is C37H35N5O2S. The number of carbonyl (C=O) groups excluding carboxylic acids is 2. The monoisotopic (exact) mass is 613 g/mol. The lowest BCUT2D eigenvalue weighted by Crippen LogP contribution is -2.31. The van der Waals surface area contributed by atoms with Crippen LogP contribution in [-0.2, 0) is 9.59 Å². The Hall–Kier alpha value is -4.82. The van der Waals surface area contributed by atoms with Crippen molar-refractivity contribution in [2.45, 2.75) is 36.9 Å². The van der Waals surface area contributed by atoms with E-state index < -0.39 is 0 Å². The van der Waals surface area contributed by atoms with Gasteiger partial charge in [0, 0.05) is 55.2 Å². The van der Waals surface area contributed by atoms with Crippen molar-refractivity contribution in [2.24, 2.45) is 5.10 Å². The molecule has 3 heterocycles. The van der Waals surface area contributed by atoms with Crippen LogP contribution in [0.2, 0.25) is 0 Å². The summed E-state index contributed by atoms with van der Waals surface area (Å²) in [6, 6.07) is 34.6. The first kappa shape index (κ1) is 28.9. The Morgan fingerprint density at radius 1 is 0.911 bits per heavy atom. The molecule has 3 unspecified atom stereocenters. The molecule has 0 spiro atoms. The van der Waals surface area contributed by atoms with E-state index >= 15 is 0 Å². The molecule has 8 heteroatoms. The zero-order valence-corrected chi connectivity index (χ0v) is 26.6. The number of thioether (sulfide) groups is 1. The molecular weight excluding hydrogens is 579 g/mol. The quantitative estimate of drug-likeness (QED) is 0.212. The Labute approximate surface area is 267 Å². The highest BCUT2D eigenvalue weighted by Crippen LogP contribution is 2.51. The van der Waals surface area contributed by atoms with Crippen LogP contribution in [0.4, 0.5) is 11.4 Å². The van der Waals surface area contributed by atoms with E-state index in [1.165, 1.54) is 0 Å². The first-order valence-corrected chi connectivity index (χ1v) is 16.1. The minimum atomic E-state index is -0.264. The van der Waals surface area contributed by atoms with Gasteiger partial charge in [0.1, 0.15) is 5.37 Å². The summed E-state index contributed by atoms with van der Waals surface area (Å²) >= 11 is 1.66. The molecule has 1 fully saturated rings. The number of para-hydroxylation sites is 2. The summed E-state index contributed by atoms with van der Waals surface area (Å²) in [6.45, 7) is 3.54. The number of benzene rings is 4. The number of fused-ring (bicyclic) bond motifs is 1. The standard InChI is InChI=1S/C37H35N5O2S/c1-23-36(44)41(37(45-23)34-29-15-8-10-16-30(29)38-35(34)26-12-6-5-7-13-26)32-17-11-9-14-28(32)31-22-33(42(39-31)24(2)43)25-18-20-27(21-19-25)40(3)4/h5-21,23,33,37-38H,22H2,1-4H3. The van der Waals surface area contributed by atoms with Gasteiger partial charge in [0.2, 0.25) is 11.8 Å². The minimum absolute atomic E-state index is 0.0552. The van der Waals surface area contributed by atoms with Crippen molar-refractivity contribution in [3.63, 3.8) is 0 Å². The SMILES string of the molecule is CC(=O)N1N=C(c2ccccc2N2C(=O)C(C)SC2c2c(-c3ccccc3)[nH]c3ccccc23)CC1c1ccc(N(C)C)cc1. The molecule has 0 bridgehead atoms. The molecule has 1 saturated heterocycles. The zero-order valence-electron chi connectivity index (χ0n) is 25.8. The fraction of sp³-hybridized carbons (Fsp3) is 0.216. The molecule has 7 nitrogen and oxygen atoms in total. The van der Waals surface area contributed by atoms with Gasteiger partial charge in [0.15, 0.2) is 0 Å². The van der Waals surface area contributed by atoms with Crippen molar-refractivity contribution < 1.29 is 9.59 Å². The number of H-pyrrole nitrogens is 1. The van der Waals surface area contributed by atoms with Gasteiger partial charge in [0.25, 0.3) is 0 Å². The highest BCUT2D eigenvalue weighted by atomic mass is 32.2. The predicted octanol–water partition coefficient (Wildman–Crippen LogP) is 7.77. The number of nitrogens with one attached hydrogen (secondary N) is 1. The van der Waals surface area contributed by atoms with E-state index in [0.29, 0.717) is 6.42 Å². The molecule has 5 aromatic rings. The Morgan fingerprint density at radius 2 is 1.60 bits per heavy atom. The largest absolute Gasteiger partial charge is 0.378 e. The fourth-order valence-electron chi connectivity index (χ4n) is 6.46. The zero-order chi connectivity index (χ0) is 31.2. The molecule has 2 aliphatic heterocycles. The van der Waals surface area contributed by atoms with Gasteiger partial charge in [-0.1, -0.05) is 78.9 Å². The molecule has 1 N–H and O–H groups in total. The average Bonchev–Trinajstić information content (AvgIpc) is 3.75. The molecule has 1 aromatic heterocycles. The second kappa shape index (κ2) is 11.6. The minimum Gasteiger partial charge on any atom is -0.378 e. The van der Waals surface area contributed by atoms with Crippen LogP contribution in [0.15, 0.2) is 108 Å². The van der Waals surface area contributed by atoms with Crippen LogP contribution in [-0.4, -0.2) is 46.9 Å². The van der Waals surface area contributed by atoms with Gasteiger partial charge in [-0.3, -0.25) is 14.5 Å². The van der Waals surface area contributed by atoms with Gasteiger partial charge in [-0.15, -0.1) is 11.8 Å². The number of nitrogens with zero attached hydrogens (tertiary/aromatic N) is 4. The van der Waals surface area contributed by atoms with E-state index in [2.05, 4.69) is 58.4 Å². The molecule has 2 aliphatic rings. The second-order valence-corrected chi connectivity index (χ2v) is 13.2. The van der Waals surface area contributed by atoms with Crippen LogP contribution in [0, 0.1) is 0 Å². The average molecular weight is 614 g/mol. The van der Waals surface area contributed by atoms with Crippen molar-refractivity contribution in [2.75, 3.05) is 23.9 Å². The number of rotatable bonds is 6.